The third kappa shape index (κ3) is 1.20. The SMILES string of the molecule is CCC(C)CC12CNC(C1)C2. The maximum absolute atomic E-state index is 3.56. The zero-order valence-electron chi connectivity index (χ0n) is 7.69. The summed E-state index contributed by atoms with van der Waals surface area (Å²) in [4.78, 5) is 0. The molecular formula is C10H19N. The van der Waals surface area contributed by atoms with Crippen molar-refractivity contribution in [3.63, 3.8) is 0 Å². The molecule has 1 N–H and O–H groups in total. The molecule has 2 aliphatic heterocycles. The van der Waals surface area contributed by atoms with Gasteiger partial charge in [0, 0.05) is 12.6 Å². The standard InChI is InChI=1S/C10H19N/c1-3-8(2)4-10-5-9(6-10)11-7-10/h8-9,11H,3-7H2,1-2H3. The largest absolute Gasteiger partial charge is 0.313 e. The lowest BCUT2D eigenvalue weighted by molar-refractivity contribution is 0.151. The maximum atomic E-state index is 3.56. The summed E-state index contributed by atoms with van der Waals surface area (Å²) in [5.41, 5.74) is 0.750. The van der Waals surface area contributed by atoms with Gasteiger partial charge in [-0.25, -0.2) is 0 Å². The third-order valence-electron chi connectivity index (χ3n) is 3.60. The lowest BCUT2D eigenvalue weighted by Crippen LogP contribution is -2.34. The minimum atomic E-state index is 0.750. The first kappa shape index (κ1) is 7.60. The Hall–Kier alpha value is -0.0400. The first-order chi connectivity index (χ1) is 5.24. The fourth-order valence-corrected chi connectivity index (χ4v) is 2.76. The van der Waals surface area contributed by atoms with Crippen molar-refractivity contribution >= 4 is 0 Å². The molecule has 0 spiro atoms. The van der Waals surface area contributed by atoms with E-state index in [1.807, 2.05) is 0 Å². The average Bonchev–Trinajstić information content (AvgIpc) is 2.45. The molecule has 3 rings (SSSR count). The van der Waals surface area contributed by atoms with Gasteiger partial charge in [-0.05, 0) is 30.6 Å². The molecule has 11 heavy (non-hydrogen) atoms. The van der Waals surface area contributed by atoms with Gasteiger partial charge in [0.05, 0.1) is 0 Å². The van der Waals surface area contributed by atoms with E-state index in [2.05, 4.69) is 19.2 Å². The van der Waals surface area contributed by atoms with E-state index in [1.54, 1.807) is 0 Å². The molecule has 1 atom stereocenters. The smallest absolute Gasteiger partial charge is 0.00788 e. The second kappa shape index (κ2) is 2.48. The zero-order chi connectivity index (χ0) is 7.90. The molecular weight excluding hydrogens is 134 g/mol. The highest BCUT2D eigenvalue weighted by Gasteiger charge is 2.49. The molecule has 0 radical (unpaired) electrons. The zero-order valence-corrected chi connectivity index (χ0v) is 7.69. The highest BCUT2D eigenvalue weighted by atomic mass is 15.0. The van der Waals surface area contributed by atoms with Crippen LogP contribution in [0.25, 0.3) is 0 Å². The second-order valence-corrected chi connectivity index (χ2v) is 4.70. The fourth-order valence-electron chi connectivity index (χ4n) is 2.76. The highest BCUT2D eigenvalue weighted by molar-refractivity contribution is 5.06. The number of nitrogens with one attached hydrogen (secondary N) is 1. The summed E-state index contributed by atoms with van der Waals surface area (Å²) in [7, 11) is 0. The molecule has 0 aromatic carbocycles. The molecule has 1 unspecified atom stereocenters. The van der Waals surface area contributed by atoms with Gasteiger partial charge in [0.25, 0.3) is 0 Å². The van der Waals surface area contributed by atoms with Crippen molar-refractivity contribution in [1.29, 1.82) is 0 Å². The predicted octanol–water partition coefficient (Wildman–Crippen LogP) is 2.17. The summed E-state index contributed by atoms with van der Waals surface area (Å²) in [5, 5.41) is 3.56. The van der Waals surface area contributed by atoms with Crippen LogP contribution < -0.4 is 5.32 Å². The summed E-state index contributed by atoms with van der Waals surface area (Å²) in [6, 6.07) is 0.902. The van der Waals surface area contributed by atoms with E-state index in [9.17, 15) is 0 Å². The first-order valence-corrected chi connectivity index (χ1v) is 4.97. The van der Waals surface area contributed by atoms with Crippen LogP contribution in [0.1, 0.15) is 39.5 Å². The van der Waals surface area contributed by atoms with E-state index in [0.717, 1.165) is 17.4 Å². The van der Waals surface area contributed by atoms with Crippen LogP contribution in [0.15, 0.2) is 0 Å². The van der Waals surface area contributed by atoms with Crippen molar-refractivity contribution in [2.75, 3.05) is 6.54 Å². The van der Waals surface area contributed by atoms with Crippen molar-refractivity contribution in [1.82, 2.24) is 5.32 Å². The van der Waals surface area contributed by atoms with Gasteiger partial charge in [-0.2, -0.15) is 0 Å². The Morgan fingerprint density at radius 1 is 1.55 bits per heavy atom. The maximum Gasteiger partial charge on any atom is 0.00788 e. The Kier molecular flexibility index (Phi) is 1.71. The van der Waals surface area contributed by atoms with Crippen molar-refractivity contribution in [2.45, 2.75) is 45.6 Å². The van der Waals surface area contributed by atoms with Crippen LogP contribution >= 0.6 is 0 Å². The number of fused-ring (bicyclic) bond motifs is 1. The minimum Gasteiger partial charge on any atom is -0.313 e. The van der Waals surface area contributed by atoms with Crippen molar-refractivity contribution in [3.05, 3.63) is 0 Å². The van der Waals surface area contributed by atoms with Gasteiger partial charge < -0.3 is 5.32 Å². The van der Waals surface area contributed by atoms with E-state index >= 15 is 0 Å². The summed E-state index contributed by atoms with van der Waals surface area (Å²) in [6.07, 6.45) is 5.76. The quantitative estimate of drug-likeness (QED) is 0.655. The van der Waals surface area contributed by atoms with Gasteiger partial charge in [0.2, 0.25) is 0 Å². The van der Waals surface area contributed by atoms with Crippen LogP contribution in [0.2, 0.25) is 0 Å². The molecule has 1 nitrogen and oxygen atoms in total. The fraction of sp³-hybridized carbons (Fsp3) is 1.00. The lowest BCUT2D eigenvalue weighted by atomic mass is 9.65. The number of rotatable bonds is 3. The van der Waals surface area contributed by atoms with Gasteiger partial charge in [-0.3, -0.25) is 0 Å². The van der Waals surface area contributed by atoms with Gasteiger partial charge in [0.15, 0.2) is 0 Å². The Morgan fingerprint density at radius 3 is 2.73 bits per heavy atom. The Morgan fingerprint density at radius 2 is 2.27 bits per heavy atom. The topological polar surface area (TPSA) is 12.0 Å². The van der Waals surface area contributed by atoms with Crippen LogP contribution in [-0.2, 0) is 0 Å². The summed E-state index contributed by atoms with van der Waals surface area (Å²) in [5.74, 6) is 0.941. The van der Waals surface area contributed by atoms with Crippen molar-refractivity contribution in [3.8, 4) is 0 Å². The first-order valence-electron chi connectivity index (χ1n) is 4.97. The lowest BCUT2D eigenvalue weighted by Gasteiger charge is -2.38. The molecule has 2 saturated heterocycles. The molecule has 3 aliphatic rings. The molecule has 64 valence electrons. The highest BCUT2D eigenvalue weighted by Crippen LogP contribution is 2.50. The average molecular weight is 153 g/mol. The van der Waals surface area contributed by atoms with E-state index < -0.39 is 0 Å². The van der Waals surface area contributed by atoms with E-state index in [-0.39, 0.29) is 0 Å². The van der Waals surface area contributed by atoms with Gasteiger partial charge >= 0.3 is 0 Å². The molecule has 2 bridgehead atoms. The third-order valence-corrected chi connectivity index (χ3v) is 3.60. The Bertz CT molecular complexity index is 141. The van der Waals surface area contributed by atoms with Crippen molar-refractivity contribution in [2.24, 2.45) is 11.3 Å². The van der Waals surface area contributed by atoms with Crippen LogP contribution in [0, 0.1) is 11.3 Å². The molecule has 1 saturated carbocycles. The Balaban J connectivity index is 1.86. The normalized spacial score (nSPS) is 43.6. The molecule has 2 heterocycles. The summed E-state index contributed by atoms with van der Waals surface area (Å²) in [6.45, 7) is 6.00. The molecule has 0 amide bonds. The Labute approximate surface area is 69.6 Å². The molecule has 0 aromatic rings. The predicted molar refractivity (Wildman–Crippen MR) is 47.5 cm³/mol. The van der Waals surface area contributed by atoms with Crippen molar-refractivity contribution < 1.29 is 0 Å². The van der Waals surface area contributed by atoms with Crippen LogP contribution in [-0.4, -0.2) is 12.6 Å². The number of hydrogen-bond donors (Lipinski definition) is 1. The van der Waals surface area contributed by atoms with Gasteiger partial charge in [-0.15, -0.1) is 0 Å². The second-order valence-electron chi connectivity index (χ2n) is 4.70. The van der Waals surface area contributed by atoms with Gasteiger partial charge in [0.1, 0.15) is 0 Å². The van der Waals surface area contributed by atoms with Crippen LogP contribution in [0.5, 0.6) is 0 Å². The molecule has 0 aromatic heterocycles. The van der Waals surface area contributed by atoms with Crippen LogP contribution in [0.3, 0.4) is 0 Å². The number of hydrogen-bond acceptors (Lipinski definition) is 1. The summed E-state index contributed by atoms with van der Waals surface area (Å²) >= 11 is 0. The molecule has 1 aliphatic carbocycles. The molecule has 3 fully saturated rings. The van der Waals surface area contributed by atoms with E-state index in [0.29, 0.717) is 0 Å². The minimum absolute atomic E-state index is 0.750. The van der Waals surface area contributed by atoms with E-state index in [4.69, 9.17) is 0 Å². The van der Waals surface area contributed by atoms with Crippen LogP contribution in [0.4, 0.5) is 0 Å². The monoisotopic (exact) mass is 153 g/mol. The van der Waals surface area contributed by atoms with Gasteiger partial charge in [-0.1, -0.05) is 20.3 Å². The molecule has 1 heteroatoms. The van der Waals surface area contributed by atoms with E-state index in [1.165, 1.54) is 32.2 Å². The summed E-state index contributed by atoms with van der Waals surface area (Å²) < 4.78 is 0.